The maximum Gasteiger partial charge on any atom is 0.267 e. The molecule has 4 nitrogen and oxygen atoms in total. The van der Waals surface area contributed by atoms with E-state index in [9.17, 15) is 13.5 Å². The first-order chi connectivity index (χ1) is 13.4. The van der Waals surface area contributed by atoms with E-state index in [2.05, 4.69) is 0 Å². The molecule has 0 amide bonds. The van der Waals surface area contributed by atoms with Gasteiger partial charge in [0.05, 0.1) is 11.4 Å². The molecule has 0 aliphatic carbocycles. The van der Waals surface area contributed by atoms with Gasteiger partial charge in [-0.2, -0.15) is 8.42 Å². The zero-order valence-corrected chi connectivity index (χ0v) is 19.5. The lowest BCUT2D eigenvalue weighted by molar-refractivity contribution is 0.156. The van der Waals surface area contributed by atoms with E-state index in [0.717, 1.165) is 25.7 Å². The Morgan fingerprint density at radius 3 is 1.18 bits per heavy atom. The molecule has 5 heteroatoms. The van der Waals surface area contributed by atoms with Crippen molar-refractivity contribution >= 4 is 10.1 Å². The van der Waals surface area contributed by atoms with Gasteiger partial charge < -0.3 is 5.11 Å². The van der Waals surface area contributed by atoms with Gasteiger partial charge in [0.2, 0.25) is 0 Å². The van der Waals surface area contributed by atoms with E-state index in [1.54, 1.807) is 6.92 Å². The number of hydrogen-bond donors (Lipinski definition) is 2. The Balaban J connectivity index is 3.14. The number of unbranched alkanes of at least 4 members (excludes halogenated alkanes) is 15. The average molecular weight is 421 g/mol. The highest BCUT2D eigenvalue weighted by molar-refractivity contribution is 7.86. The van der Waals surface area contributed by atoms with Crippen molar-refractivity contribution in [2.75, 3.05) is 0 Å². The number of hydrogen-bond acceptors (Lipinski definition) is 3. The van der Waals surface area contributed by atoms with Gasteiger partial charge in [-0.15, -0.1) is 0 Å². The fourth-order valence-corrected chi connectivity index (χ4v) is 4.10. The van der Waals surface area contributed by atoms with Crippen LogP contribution in [0.1, 0.15) is 136 Å². The third-order valence-electron chi connectivity index (χ3n) is 5.88. The molecule has 0 spiro atoms. The second-order valence-electron chi connectivity index (χ2n) is 8.62. The Kier molecular flexibility index (Phi) is 18.8. The van der Waals surface area contributed by atoms with Gasteiger partial charge in [0.25, 0.3) is 10.1 Å². The molecular formula is C23H48O4S. The Hall–Kier alpha value is -0.130. The summed E-state index contributed by atoms with van der Waals surface area (Å²) in [5.74, 6) is 0. The number of aliphatic hydroxyl groups is 1. The van der Waals surface area contributed by atoms with Crippen LogP contribution in [-0.4, -0.2) is 29.4 Å². The lowest BCUT2D eigenvalue weighted by atomic mass is 10.0. The van der Waals surface area contributed by atoms with E-state index in [1.165, 1.54) is 89.9 Å². The predicted molar refractivity (Wildman–Crippen MR) is 120 cm³/mol. The van der Waals surface area contributed by atoms with Crippen molar-refractivity contribution in [1.29, 1.82) is 0 Å². The Morgan fingerprint density at radius 2 is 0.893 bits per heavy atom. The predicted octanol–water partition coefficient (Wildman–Crippen LogP) is 7.06. The van der Waals surface area contributed by atoms with Crippen molar-refractivity contribution in [3.8, 4) is 0 Å². The highest BCUT2D eigenvalue weighted by Gasteiger charge is 2.15. The first kappa shape index (κ1) is 27.9. The highest BCUT2D eigenvalue weighted by Crippen LogP contribution is 2.15. The Labute approximate surface area is 175 Å². The summed E-state index contributed by atoms with van der Waals surface area (Å²) in [6.45, 7) is 3.63. The molecule has 0 aromatic carbocycles. The lowest BCUT2D eigenvalue weighted by Crippen LogP contribution is -2.16. The molecule has 0 saturated heterocycles. The maximum atomic E-state index is 10.9. The lowest BCUT2D eigenvalue weighted by Gasteiger charge is -2.07. The smallest absolute Gasteiger partial charge is 0.267 e. The standard InChI is InChI=1S/C23H48O4S/c1-3-23(24)21-19-17-15-13-11-9-7-5-4-6-8-10-12-14-16-18-20-22(2)28(25,26)27/h22-24H,3-21H2,1-2H3,(H,25,26,27). The molecule has 0 rings (SSSR count). The van der Waals surface area contributed by atoms with Gasteiger partial charge in [0.1, 0.15) is 0 Å². The molecule has 0 heterocycles. The zero-order chi connectivity index (χ0) is 21.1. The quantitative estimate of drug-likeness (QED) is 0.154. The molecule has 0 aliphatic rings. The fraction of sp³-hybridized carbons (Fsp3) is 1.00. The third-order valence-corrected chi connectivity index (χ3v) is 7.13. The second-order valence-corrected chi connectivity index (χ2v) is 10.5. The fourth-order valence-electron chi connectivity index (χ4n) is 3.64. The normalized spacial score (nSPS) is 14.3. The highest BCUT2D eigenvalue weighted by atomic mass is 32.2. The summed E-state index contributed by atoms with van der Waals surface area (Å²) in [5, 5.41) is 8.88. The Morgan fingerprint density at radius 1 is 0.607 bits per heavy atom. The summed E-state index contributed by atoms with van der Waals surface area (Å²) < 4.78 is 30.7. The van der Waals surface area contributed by atoms with Crippen LogP contribution in [0.5, 0.6) is 0 Å². The molecule has 2 unspecified atom stereocenters. The SMILES string of the molecule is CCC(O)CCCCCCCCCCCCCCCCCCC(C)S(=O)(=O)O. The number of rotatable bonds is 21. The van der Waals surface area contributed by atoms with Gasteiger partial charge in [-0.05, 0) is 26.2 Å². The topological polar surface area (TPSA) is 74.6 Å². The van der Waals surface area contributed by atoms with E-state index in [1.807, 2.05) is 6.92 Å². The minimum Gasteiger partial charge on any atom is -0.393 e. The second kappa shape index (κ2) is 18.9. The molecule has 0 aliphatic heterocycles. The minimum atomic E-state index is -3.84. The van der Waals surface area contributed by atoms with Crippen LogP contribution in [0.4, 0.5) is 0 Å². The summed E-state index contributed by atoms with van der Waals surface area (Å²) in [6.07, 6.45) is 22.7. The van der Waals surface area contributed by atoms with Gasteiger partial charge in [-0.3, -0.25) is 4.55 Å². The summed E-state index contributed by atoms with van der Waals surface area (Å²) >= 11 is 0. The van der Waals surface area contributed by atoms with E-state index < -0.39 is 15.4 Å². The van der Waals surface area contributed by atoms with E-state index >= 15 is 0 Å². The molecule has 28 heavy (non-hydrogen) atoms. The number of aliphatic hydroxyl groups excluding tert-OH is 1. The zero-order valence-electron chi connectivity index (χ0n) is 18.7. The van der Waals surface area contributed by atoms with Crippen molar-refractivity contribution in [3.63, 3.8) is 0 Å². The largest absolute Gasteiger partial charge is 0.393 e. The molecular weight excluding hydrogens is 372 g/mol. The van der Waals surface area contributed by atoms with Crippen LogP contribution in [0.3, 0.4) is 0 Å². The molecule has 0 saturated carbocycles. The van der Waals surface area contributed by atoms with Crippen molar-refractivity contribution in [3.05, 3.63) is 0 Å². The monoisotopic (exact) mass is 420 g/mol. The van der Waals surface area contributed by atoms with Crippen LogP contribution in [0.15, 0.2) is 0 Å². The van der Waals surface area contributed by atoms with E-state index in [4.69, 9.17) is 4.55 Å². The summed E-state index contributed by atoms with van der Waals surface area (Å²) in [6, 6.07) is 0. The van der Waals surface area contributed by atoms with Crippen LogP contribution in [0.25, 0.3) is 0 Å². The van der Waals surface area contributed by atoms with Crippen LogP contribution in [0, 0.1) is 0 Å². The van der Waals surface area contributed by atoms with Gasteiger partial charge in [-0.1, -0.05) is 110 Å². The van der Waals surface area contributed by atoms with Crippen molar-refractivity contribution in [2.24, 2.45) is 0 Å². The molecule has 0 aromatic heterocycles. The Bertz CT molecular complexity index is 422. The minimum absolute atomic E-state index is 0.0816. The maximum absolute atomic E-state index is 10.9. The molecule has 0 bridgehead atoms. The van der Waals surface area contributed by atoms with E-state index in [0.29, 0.717) is 6.42 Å². The molecule has 170 valence electrons. The van der Waals surface area contributed by atoms with Gasteiger partial charge in [-0.25, -0.2) is 0 Å². The first-order valence-electron chi connectivity index (χ1n) is 12.0. The molecule has 2 N–H and O–H groups in total. The molecule has 0 radical (unpaired) electrons. The van der Waals surface area contributed by atoms with Crippen molar-refractivity contribution in [1.82, 2.24) is 0 Å². The van der Waals surface area contributed by atoms with E-state index in [-0.39, 0.29) is 6.10 Å². The van der Waals surface area contributed by atoms with Gasteiger partial charge in [0, 0.05) is 0 Å². The summed E-state index contributed by atoms with van der Waals surface area (Å²) in [7, 11) is -3.84. The summed E-state index contributed by atoms with van der Waals surface area (Å²) in [4.78, 5) is 0. The van der Waals surface area contributed by atoms with Crippen molar-refractivity contribution < 1.29 is 18.1 Å². The molecule has 0 fully saturated rings. The van der Waals surface area contributed by atoms with Gasteiger partial charge >= 0.3 is 0 Å². The molecule has 0 aromatic rings. The van der Waals surface area contributed by atoms with Crippen LogP contribution >= 0.6 is 0 Å². The molecule has 2 atom stereocenters. The van der Waals surface area contributed by atoms with Gasteiger partial charge in [0.15, 0.2) is 0 Å². The summed E-state index contributed by atoms with van der Waals surface area (Å²) in [5.41, 5.74) is 0. The van der Waals surface area contributed by atoms with Crippen LogP contribution < -0.4 is 0 Å². The third kappa shape index (κ3) is 19.2. The van der Waals surface area contributed by atoms with Crippen LogP contribution in [-0.2, 0) is 10.1 Å². The van der Waals surface area contributed by atoms with Crippen LogP contribution in [0.2, 0.25) is 0 Å². The first-order valence-corrected chi connectivity index (χ1v) is 13.5. The average Bonchev–Trinajstić information content (AvgIpc) is 2.65. The van der Waals surface area contributed by atoms with Crippen molar-refractivity contribution in [2.45, 2.75) is 147 Å².